The number of hydrogen-bond donors (Lipinski definition) is 2. The van der Waals surface area contributed by atoms with Crippen molar-refractivity contribution in [3.63, 3.8) is 0 Å². The molecular weight excluding hydrogens is 309 g/mol. The van der Waals surface area contributed by atoms with Crippen LogP contribution in [0.5, 0.6) is 0 Å². The number of alkyl halides is 3. The van der Waals surface area contributed by atoms with E-state index >= 15 is 0 Å². The third-order valence-electron chi connectivity index (χ3n) is 2.33. The van der Waals surface area contributed by atoms with Crippen LogP contribution < -0.4 is 10.6 Å². The highest BCUT2D eigenvalue weighted by atomic mass is 32.2. The Morgan fingerprint density at radius 3 is 2.38 bits per heavy atom. The van der Waals surface area contributed by atoms with Crippen LogP contribution in [0.3, 0.4) is 0 Å². The maximum absolute atomic E-state index is 12.7. The van der Waals surface area contributed by atoms with E-state index in [0.717, 1.165) is 12.3 Å². The summed E-state index contributed by atoms with van der Waals surface area (Å²) in [5, 5.41) is 5.23. The predicted octanol–water partition coefficient (Wildman–Crippen LogP) is 1.77. The fourth-order valence-corrected chi connectivity index (χ4v) is 1.84. The summed E-state index contributed by atoms with van der Waals surface area (Å²) >= 11 is 0. The number of rotatable bonds is 7. The zero-order valence-electron chi connectivity index (χ0n) is 11.7. The fraction of sp³-hybridized carbons (Fsp3) is 0.636. The van der Waals surface area contributed by atoms with E-state index in [-0.39, 0.29) is 24.1 Å². The minimum atomic E-state index is -4.60. The number of aromatic nitrogens is 2. The number of halogens is 3. The van der Waals surface area contributed by atoms with E-state index in [1.54, 1.807) is 0 Å². The molecule has 1 rings (SSSR count). The summed E-state index contributed by atoms with van der Waals surface area (Å²) in [4.78, 5) is 7.27. The van der Waals surface area contributed by atoms with Gasteiger partial charge in [0.15, 0.2) is 5.69 Å². The van der Waals surface area contributed by atoms with Gasteiger partial charge in [0, 0.05) is 25.4 Å². The monoisotopic (exact) mass is 326 g/mol. The SMILES string of the molecule is CCCNc1nc(NCCS(C)(=O)=O)cc(C(F)(F)F)n1. The van der Waals surface area contributed by atoms with Crippen LogP contribution in [0.15, 0.2) is 6.07 Å². The second-order valence-corrected chi connectivity index (χ2v) is 6.70. The molecular formula is C11H17F3N4O2S. The molecule has 1 aromatic heterocycles. The van der Waals surface area contributed by atoms with Crippen molar-refractivity contribution in [2.24, 2.45) is 0 Å². The van der Waals surface area contributed by atoms with Crippen molar-refractivity contribution in [1.82, 2.24) is 9.97 Å². The molecule has 120 valence electrons. The molecule has 0 amide bonds. The Bertz CT molecular complexity index is 575. The summed E-state index contributed by atoms with van der Waals surface area (Å²) in [6, 6.07) is 0.749. The molecule has 0 fully saturated rings. The van der Waals surface area contributed by atoms with Gasteiger partial charge in [-0.25, -0.2) is 13.4 Å². The second kappa shape index (κ2) is 6.92. The minimum absolute atomic E-state index is 0.0274. The molecule has 0 unspecified atom stereocenters. The molecule has 2 N–H and O–H groups in total. The first-order valence-corrected chi connectivity index (χ1v) is 8.29. The molecule has 0 aromatic carbocycles. The van der Waals surface area contributed by atoms with Gasteiger partial charge in [-0.3, -0.25) is 0 Å². The molecule has 0 aliphatic heterocycles. The van der Waals surface area contributed by atoms with E-state index in [2.05, 4.69) is 20.6 Å². The molecule has 10 heteroatoms. The van der Waals surface area contributed by atoms with Gasteiger partial charge in [-0.15, -0.1) is 0 Å². The fourth-order valence-electron chi connectivity index (χ4n) is 1.36. The zero-order valence-corrected chi connectivity index (χ0v) is 12.5. The van der Waals surface area contributed by atoms with Crippen LogP contribution in [0.4, 0.5) is 24.9 Å². The van der Waals surface area contributed by atoms with Crippen molar-refractivity contribution in [2.75, 3.05) is 35.7 Å². The average molecular weight is 326 g/mol. The van der Waals surface area contributed by atoms with Crippen LogP contribution in [0.1, 0.15) is 19.0 Å². The van der Waals surface area contributed by atoms with Gasteiger partial charge >= 0.3 is 6.18 Å². The molecule has 0 saturated heterocycles. The molecule has 0 radical (unpaired) electrons. The van der Waals surface area contributed by atoms with E-state index < -0.39 is 21.7 Å². The Balaban J connectivity index is 2.91. The van der Waals surface area contributed by atoms with E-state index in [9.17, 15) is 21.6 Å². The van der Waals surface area contributed by atoms with Gasteiger partial charge in [-0.05, 0) is 6.42 Å². The van der Waals surface area contributed by atoms with Crippen molar-refractivity contribution in [3.05, 3.63) is 11.8 Å². The highest BCUT2D eigenvalue weighted by Gasteiger charge is 2.33. The van der Waals surface area contributed by atoms with Gasteiger partial charge < -0.3 is 10.6 Å². The van der Waals surface area contributed by atoms with Gasteiger partial charge in [0.05, 0.1) is 5.75 Å². The number of nitrogens with one attached hydrogen (secondary N) is 2. The summed E-state index contributed by atoms with van der Waals surface area (Å²) in [7, 11) is -3.20. The lowest BCUT2D eigenvalue weighted by atomic mass is 10.3. The first kappa shape index (κ1) is 17.5. The van der Waals surface area contributed by atoms with Gasteiger partial charge in [0.25, 0.3) is 0 Å². The zero-order chi connectivity index (χ0) is 16.1. The van der Waals surface area contributed by atoms with Gasteiger partial charge in [0.2, 0.25) is 5.95 Å². The largest absolute Gasteiger partial charge is 0.433 e. The van der Waals surface area contributed by atoms with Crippen molar-refractivity contribution < 1.29 is 21.6 Å². The van der Waals surface area contributed by atoms with Crippen molar-refractivity contribution in [2.45, 2.75) is 19.5 Å². The van der Waals surface area contributed by atoms with Crippen LogP contribution in [0.25, 0.3) is 0 Å². The van der Waals surface area contributed by atoms with E-state index in [1.165, 1.54) is 0 Å². The lowest BCUT2D eigenvalue weighted by Gasteiger charge is -2.12. The molecule has 0 aliphatic rings. The number of sulfone groups is 1. The van der Waals surface area contributed by atoms with E-state index in [0.29, 0.717) is 13.0 Å². The van der Waals surface area contributed by atoms with Crippen molar-refractivity contribution in [1.29, 1.82) is 0 Å². The first-order valence-electron chi connectivity index (χ1n) is 6.23. The smallest absolute Gasteiger partial charge is 0.369 e. The quantitative estimate of drug-likeness (QED) is 0.794. The number of hydrogen-bond acceptors (Lipinski definition) is 6. The van der Waals surface area contributed by atoms with Crippen LogP contribution in [-0.2, 0) is 16.0 Å². The highest BCUT2D eigenvalue weighted by Crippen LogP contribution is 2.29. The van der Waals surface area contributed by atoms with Gasteiger partial charge in [0.1, 0.15) is 15.7 Å². The number of nitrogens with zero attached hydrogens (tertiary/aromatic N) is 2. The van der Waals surface area contributed by atoms with Crippen LogP contribution in [0, 0.1) is 0 Å². The summed E-state index contributed by atoms with van der Waals surface area (Å²) in [5.41, 5.74) is -1.09. The minimum Gasteiger partial charge on any atom is -0.369 e. The predicted molar refractivity (Wildman–Crippen MR) is 74.0 cm³/mol. The Morgan fingerprint density at radius 2 is 1.86 bits per heavy atom. The van der Waals surface area contributed by atoms with Crippen LogP contribution in [0.2, 0.25) is 0 Å². The van der Waals surface area contributed by atoms with Gasteiger partial charge in [-0.1, -0.05) is 6.92 Å². The number of anilines is 2. The molecule has 6 nitrogen and oxygen atoms in total. The maximum atomic E-state index is 12.7. The lowest BCUT2D eigenvalue weighted by Crippen LogP contribution is -2.17. The Labute approximate surface area is 121 Å². The van der Waals surface area contributed by atoms with Crippen molar-refractivity contribution >= 4 is 21.6 Å². The Hall–Kier alpha value is -1.58. The molecule has 1 aromatic rings. The summed E-state index contributed by atoms with van der Waals surface area (Å²) in [6.07, 6.45) is -2.85. The molecule has 0 bridgehead atoms. The standard InChI is InChI=1S/C11H17F3N4O2S/c1-3-4-16-10-17-8(11(12,13)14)7-9(18-10)15-5-6-21(2,19)20/h7H,3-6H2,1-2H3,(H2,15,16,17,18). The molecule has 1 heterocycles. The van der Waals surface area contributed by atoms with Gasteiger partial charge in [-0.2, -0.15) is 18.2 Å². The van der Waals surface area contributed by atoms with Crippen molar-refractivity contribution in [3.8, 4) is 0 Å². The summed E-state index contributed by atoms with van der Waals surface area (Å²) < 4.78 is 60.2. The van der Waals surface area contributed by atoms with Crippen LogP contribution in [-0.4, -0.2) is 43.5 Å². The summed E-state index contributed by atoms with van der Waals surface area (Å²) in [5.74, 6) is -0.413. The molecule has 0 saturated carbocycles. The lowest BCUT2D eigenvalue weighted by molar-refractivity contribution is -0.141. The topological polar surface area (TPSA) is 84.0 Å². The second-order valence-electron chi connectivity index (χ2n) is 4.44. The maximum Gasteiger partial charge on any atom is 0.433 e. The Morgan fingerprint density at radius 1 is 1.19 bits per heavy atom. The normalized spacial score (nSPS) is 12.2. The van der Waals surface area contributed by atoms with E-state index in [1.807, 2.05) is 6.92 Å². The molecule has 21 heavy (non-hydrogen) atoms. The Kier molecular flexibility index (Phi) is 5.76. The molecule has 0 aliphatic carbocycles. The van der Waals surface area contributed by atoms with E-state index in [4.69, 9.17) is 0 Å². The molecule has 0 atom stereocenters. The van der Waals surface area contributed by atoms with Crippen LogP contribution >= 0.6 is 0 Å². The third kappa shape index (κ3) is 6.61. The summed E-state index contributed by atoms with van der Waals surface area (Å²) in [6.45, 7) is 2.26. The highest BCUT2D eigenvalue weighted by molar-refractivity contribution is 7.90. The first-order chi connectivity index (χ1) is 9.62. The third-order valence-corrected chi connectivity index (χ3v) is 3.27. The molecule has 0 spiro atoms. The average Bonchev–Trinajstić information content (AvgIpc) is 2.33.